The van der Waals surface area contributed by atoms with E-state index >= 15 is 0 Å². The van der Waals surface area contributed by atoms with Gasteiger partial charge in [0, 0.05) is 14.0 Å². The van der Waals surface area contributed by atoms with E-state index in [1.54, 1.807) is 11.6 Å². The largest absolute Gasteiger partial charge is 0.340 e. The molecule has 0 aliphatic carbocycles. The van der Waals surface area contributed by atoms with Crippen LogP contribution in [0, 0.1) is 13.8 Å². The first-order valence-electron chi connectivity index (χ1n) is 5.84. The van der Waals surface area contributed by atoms with Crippen molar-refractivity contribution in [3.8, 4) is 0 Å². The van der Waals surface area contributed by atoms with Gasteiger partial charge in [0.25, 0.3) is 0 Å². The third-order valence-corrected chi connectivity index (χ3v) is 3.20. The number of hydrogen-bond donors (Lipinski definition) is 0. The second kappa shape index (κ2) is 4.34. The van der Waals surface area contributed by atoms with Crippen molar-refractivity contribution in [2.75, 3.05) is 0 Å². The second-order valence-electron chi connectivity index (χ2n) is 4.36. The molecule has 8 heteroatoms. The van der Waals surface area contributed by atoms with Gasteiger partial charge in [0.1, 0.15) is 11.3 Å². The maximum absolute atomic E-state index is 5.96. The van der Waals surface area contributed by atoms with E-state index < -0.39 is 0 Å². The summed E-state index contributed by atoms with van der Waals surface area (Å²) in [6.45, 7) is 4.15. The molecule has 0 radical (unpaired) electrons. The van der Waals surface area contributed by atoms with Gasteiger partial charge in [0.2, 0.25) is 5.89 Å². The second-order valence-corrected chi connectivity index (χ2v) is 4.63. The molecule has 0 N–H and O–H groups in total. The van der Waals surface area contributed by atoms with Gasteiger partial charge in [0.05, 0.1) is 18.1 Å². The first kappa shape index (κ1) is 12.2. The Kier molecular flexibility index (Phi) is 2.78. The van der Waals surface area contributed by atoms with Crippen LogP contribution in [0.15, 0.2) is 4.52 Å². The standard InChI is InChI=1S/C11H13ClN6O/c1-6-10-11(17(3)15-6)18(9(4-12)14-10)5-8-13-7(2)19-16-8/h4-5H2,1-3H3. The van der Waals surface area contributed by atoms with E-state index in [2.05, 4.69) is 20.2 Å². The molecule has 0 fully saturated rings. The molecule has 0 amide bonds. The first-order valence-corrected chi connectivity index (χ1v) is 6.37. The van der Waals surface area contributed by atoms with E-state index in [4.69, 9.17) is 16.1 Å². The molecule has 100 valence electrons. The average Bonchev–Trinajstić information content (AvgIpc) is 3.00. The van der Waals surface area contributed by atoms with Crippen LogP contribution >= 0.6 is 11.6 Å². The Balaban J connectivity index is 2.15. The fourth-order valence-corrected chi connectivity index (χ4v) is 2.40. The molecule has 19 heavy (non-hydrogen) atoms. The van der Waals surface area contributed by atoms with Crippen molar-refractivity contribution in [1.82, 2.24) is 29.5 Å². The molecular formula is C11H13ClN6O. The Labute approximate surface area is 114 Å². The Hall–Kier alpha value is -1.89. The highest BCUT2D eigenvalue weighted by Gasteiger charge is 2.18. The molecule has 0 aliphatic heterocycles. The molecule has 3 rings (SSSR count). The molecule has 0 aliphatic rings. The van der Waals surface area contributed by atoms with Gasteiger partial charge in [-0.3, -0.25) is 4.68 Å². The average molecular weight is 281 g/mol. The van der Waals surface area contributed by atoms with E-state index in [1.165, 1.54) is 0 Å². The summed E-state index contributed by atoms with van der Waals surface area (Å²) < 4.78 is 8.74. The zero-order chi connectivity index (χ0) is 13.6. The lowest BCUT2D eigenvalue weighted by Gasteiger charge is -2.04. The van der Waals surface area contributed by atoms with Crippen LogP contribution in [0.2, 0.25) is 0 Å². The van der Waals surface area contributed by atoms with Crippen LogP contribution in [-0.4, -0.2) is 29.5 Å². The molecule has 3 aromatic rings. The van der Waals surface area contributed by atoms with E-state index in [0.29, 0.717) is 24.1 Å². The van der Waals surface area contributed by atoms with Gasteiger partial charge in [-0.2, -0.15) is 10.1 Å². The van der Waals surface area contributed by atoms with E-state index in [9.17, 15) is 0 Å². The predicted octanol–water partition coefficient (Wildman–Crippen LogP) is 1.56. The first-order chi connectivity index (χ1) is 9.10. The lowest BCUT2D eigenvalue weighted by molar-refractivity contribution is 0.386. The molecule has 7 nitrogen and oxygen atoms in total. The normalized spacial score (nSPS) is 11.6. The van der Waals surface area contributed by atoms with Crippen LogP contribution in [0.4, 0.5) is 0 Å². The van der Waals surface area contributed by atoms with Crippen LogP contribution in [0.3, 0.4) is 0 Å². The van der Waals surface area contributed by atoms with Crippen molar-refractivity contribution in [3.63, 3.8) is 0 Å². The Morgan fingerprint density at radius 3 is 2.68 bits per heavy atom. The zero-order valence-corrected chi connectivity index (χ0v) is 11.6. The molecule has 0 saturated carbocycles. The minimum absolute atomic E-state index is 0.324. The van der Waals surface area contributed by atoms with Gasteiger partial charge < -0.3 is 9.09 Å². The number of hydrogen-bond acceptors (Lipinski definition) is 5. The Morgan fingerprint density at radius 1 is 1.26 bits per heavy atom. The third-order valence-electron chi connectivity index (χ3n) is 2.96. The van der Waals surface area contributed by atoms with Crippen molar-refractivity contribution >= 4 is 22.8 Å². The molecule has 3 aromatic heterocycles. The van der Waals surface area contributed by atoms with Crippen LogP contribution in [0.5, 0.6) is 0 Å². The fourth-order valence-electron chi connectivity index (χ4n) is 2.19. The minimum Gasteiger partial charge on any atom is -0.340 e. The number of rotatable bonds is 3. The molecule has 0 saturated heterocycles. The summed E-state index contributed by atoms with van der Waals surface area (Å²) in [5, 5.41) is 8.26. The van der Waals surface area contributed by atoms with Gasteiger partial charge in [-0.15, -0.1) is 11.6 Å². The summed E-state index contributed by atoms with van der Waals surface area (Å²) in [6.07, 6.45) is 0. The van der Waals surface area contributed by atoms with Crippen molar-refractivity contribution in [2.24, 2.45) is 7.05 Å². The molecule has 3 heterocycles. The van der Waals surface area contributed by atoms with Crippen LogP contribution in [-0.2, 0) is 19.5 Å². The van der Waals surface area contributed by atoms with Gasteiger partial charge in [-0.05, 0) is 6.92 Å². The summed E-state index contributed by atoms with van der Waals surface area (Å²) in [4.78, 5) is 8.72. The maximum Gasteiger partial charge on any atom is 0.223 e. The zero-order valence-electron chi connectivity index (χ0n) is 10.9. The smallest absolute Gasteiger partial charge is 0.223 e. The Morgan fingerprint density at radius 2 is 2.05 bits per heavy atom. The van der Waals surface area contributed by atoms with Crippen molar-refractivity contribution in [2.45, 2.75) is 26.3 Å². The van der Waals surface area contributed by atoms with Gasteiger partial charge in [-0.25, -0.2) is 4.98 Å². The minimum atomic E-state index is 0.324. The summed E-state index contributed by atoms with van der Waals surface area (Å²) in [7, 11) is 1.88. The number of aromatic nitrogens is 6. The van der Waals surface area contributed by atoms with E-state index in [-0.39, 0.29) is 0 Å². The lowest BCUT2D eigenvalue weighted by atomic mass is 10.4. The van der Waals surface area contributed by atoms with Crippen molar-refractivity contribution < 1.29 is 4.52 Å². The number of aryl methyl sites for hydroxylation is 3. The maximum atomic E-state index is 5.96. The van der Waals surface area contributed by atoms with Crippen LogP contribution in [0.1, 0.15) is 23.2 Å². The lowest BCUT2D eigenvalue weighted by Crippen LogP contribution is -2.08. The van der Waals surface area contributed by atoms with E-state index in [0.717, 1.165) is 22.7 Å². The number of alkyl halides is 1. The molecular weight excluding hydrogens is 268 g/mol. The summed E-state index contributed by atoms with van der Waals surface area (Å²) in [5.74, 6) is 2.24. The fraction of sp³-hybridized carbons (Fsp3) is 0.455. The highest BCUT2D eigenvalue weighted by atomic mass is 35.5. The SMILES string of the molecule is Cc1nc(Cn2c(CCl)nc3c(C)nn(C)c32)no1. The highest BCUT2D eigenvalue weighted by molar-refractivity contribution is 6.16. The molecule has 0 unspecified atom stereocenters. The number of halogens is 1. The van der Waals surface area contributed by atoms with Crippen LogP contribution < -0.4 is 0 Å². The van der Waals surface area contributed by atoms with Gasteiger partial charge in [0.15, 0.2) is 11.5 Å². The van der Waals surface area contributed by atoms with Gasteiger partial charge in [-0.1, -0.05) is 5.16 Å². The van der Waals surface area contributed by atoms with E-state index in [1.807, 2.05) is 18.5 Å². The molecule has 0 aromatic carbocycles. The van der Waals surface area contributed by atoms with Crippen molar-refractivity contribution in [1.29, 1.82) is 0 Å². The monoisotopic (exact) mass is 280 g/mol. The van der Waals surface area contributed by atoms with Crippen molar-refractivity contribution in [3.05, 3.63) is 23.2 Å². The highest BCUT2D eigenvalue weighted by Crippen LogP contribution is 2.20. The summed E-state index contributed by atoms with van der Waals surface area (Å²) >= 11 is 5.96. The molecule has 0 spiro atoms. The number of fused-ring (bicyclic) bond motifs is 1. The quantitative estimate of drug-likeness (QED) is 0.681. The number of nitrogens with zero attached hydrogens (tertiary/aromatic N) is 6. The van der Waals surface area contributed by atoms with Gasteiger partial charge >= 0.3 is 0 Å². The number of imidazole rings is 1. The summed E-state index contributed by atoms with van der Waals surface area (Å²) in [6, 6.07) is 0. The Bertz CT molecular complexity index is 740. The third kappa shape index (κ3) is 1.90. The topological polar surface area (TPSA) is 74.6 Å². The molecule has 0 bridgehead atoms. The molecule has 0 atom stereocenters. The predicted molar refractivity (Wildman–Crippen MR) is 68.9 cm³/mol. The van der Waals surface area contributed by atoms with Crippen LogP contribution in [0.25, 0.3) is 11.2 Å². The summed E-state index contributed by atoms with van der Waals surface area (Å²) in [5.41, 5.74) is 2.65.